The first-order valence-corrected chi connectivity index (χ1v) is 11.9. The molecule has 0 radical (unpaired) electrons. The monoisotopic (exact) mass is 508 g/mol. The van der Waals surface area contributed by atoms with Crippen molar-refractivity contribution in [2.24, 2.45) is 5.92 Å². The molecule has 4 heterocycles. The maximum absolute atomic E-state index is 13.2. The van der Waals surface area contributed by atoms with Gasteiger partial charge in [-0.15, -0.1) is 0 Å². The Labute approximate surface area is 201 Å². The lowest BCUT2D eigenvalue weighted by molar-refractivity contribution is -0.136. The van der Waals surface area contributed by atoms with Gasteiger partial charge in [0.2, 0.25) is 11.8 Å². The normalized spacial score (nSPS) is 18.8. The molecule has 2 fully saturated rings. The number of nitrogens with zero attached hydrogens (tertiary/aromatic N) is 6. The fourth-order valence-corrected chi connectivity index (χ4v) is 4.89. The van der Waals surface area contributed by atoms with Gasteiger partial charge >= 0.3 is 0 Å². The molecule has 33 heavy (non-hydrogen) atoms. The van der Waals surface area contributed by atoms with Gasteiger partial charge in [0.1, 0.15) is 17.5 Å². The van der Waals surface area contributed by atoms with E-state index in [-0.39, 0.29) is 24.2 Å². The molecule has 0 spiro atoms. The second kappa shape index (κ2) is 8.97. The summed E-state index contributed by atoms with van der Waals surface area (Å²) in [6.07, 6.45) is 4.18. The highest BCUT2D eigenvalue weighted by atomic mass is 79.9. The predicted molar refractivity (Wildman–Crippen MR) is 129 cm³/mol. The Morgan fingerprint density at radius 2 is 1.73 bits per heavy atom. The Hall–Kier alpha value is -3.20. The van der Waals surface area contributed by atoms with Crippen molar-refractivity contribution < 1.29 is 9.59 Å². The number of aromatic nitrogens is 3. The number of piperazine rings is 1. The van der Waals surface area contributed by atoms with Gasteiger partial charge in [-0.1, -0.05) is 22.0 Å². The molecule has 5 rings (SSSR count). The number of halogens is 1. The van der Waals surface area contributed by atoms with Crippen LogP contribution in [0.15, 0.2) is 59.3 Å². The fourth-order valence-electron chi connectivity index (χ4n) is 4.50. The number of hydrogen-bond acceptors (Lipinski definition) is 5. The highest BCUT2D eigenvalue weighted by Gasteiger charge is 2.38. The molecule has 0 N–H and O–H groups in total. The lowest BCUT2D eigenvalue weighted by Gasteiger charge is -2.36. The van der Waals surface area contributed by atoms with E-state index < -0.39 is 0 Å². The number of anilines is 2. The molecule has 8 nitrogen and oxygen atoms in total. The minimum absolute atomic E-state index is 0.000844. The summed E-state index contributed by atoms with van der Waals surface area (Å²) < 4.78 is 2.88. The molecule has 3 aromatic rings. The largest absolute Gasteiger partial charge is 0.353 e. The molecule has 1 unspecified atom stereocenters. The number of carbonyl (C=O) groups excluding carboxylic acids is 2. The van der Waals surface area contributed by atoms with Crippen molar-refractivity contribution in [1.29, 1.82) is 0 Å². The van der Waals surface area contributed by atoms with Crippen LogP contribution in [0.3, 0.4) is 0 Å². The Balaban J connectivity index is 1.23. The molecule has 1 atom stereocenters. The van der Waals surface area contributed by atoms with Crippen LogP contribution in [0.25, 0.3) is 5.82 Å². The van der Waals surface area contributed by atoms with E-state index in [2.05, 4.69) is 30.8 Å². The maximum Gasteiger partial charge on any atom is 0.228 e. The molecule has 2 amide bonds. The van der Waals surface area contributed by atoms with E-state index in [1.54, 1.807) is 4.90 Å². The van der Waals surface area contributed by atoms with Crippen LogP contribution in [0.2, 0.25) is 0 Å². The third-order valence-electron chi connectivity index (χ3n) is 6.19. The molecule has 0 aliphatic carbocycles. The number of amides is 2. The molecule has 2 saturated heterocycles. The average molecular weight is 509 g/mol. The standard InChI is InChI=1S/C24H25BrN6O2/c1-17-26-21(28-7-2-3-8-28)15-22(27-17)29-9-11-30(12-10-29)24(33)18-13-23(32)31(16-18)20-6-4-5-19(25)14-20/h2-8,14-15,18H,9-13,16H2,1H3. The van der Waals surface area contributed by atoms with E-state index >= 15 is 0 Å². The van der Waals surface area contributed by atoms with Gasteiger partial charge in [-0.05, 0) is 37.3 Å². The number of carbonyl (C=O) groups is 2. The van der Waals surface area contributed by atoms with Crippen LogP contribution in [0.1, 0.15) is 12.2 Å². The van der Waals surface area contributed by atoms with Crippen molar-refractivity contribution in [1.82, 2.24) is 19.4 Å². The summed E-state index contributed by atoms with van der Waals surface area (Å²) in [5.74, 6) is 2.18. The summed E-state index contributed by atoms with van der Waals surface area (Å²) in [6, 6.07) is 13.6. The van der Waals surface area contributed by atoms with Crippen LogP contribution >= 0.6 is 15.9 Å². The van der Waals surface area contributed by atoms with Gasteiger partial charge in [0.05, 0.1) is 5.92 Å². The van der Waals surface area contributed by atoms with Gasteiger partial charge in [0.25, 0.3) is 0 Å². The van der Waals surface area contributed by atoms with Crippen LogP contribution in [-0.4, -0.2) is 64.0 Å². The molecule has 2 aliphatic heterocycles. The van der Waals surface area contributed by atoms with Crippen molar-refractivity contribution in [3.8, 4) is 5.82 Å². The number of rotatable bonds is 4. The van der Waals surface area contributed by atoms with Gasteiger partial charge < -0.3 is 19.3 Å². The summed E-state index contributed by atoms with van der Waals surface area (Å²) in [5.41, 5.74) is 0.826. The van der Waals surface area contributed by atoms with Crippen LogP contribution in [0, 0.1) is 12.8 Å². The quantitative estimate of drug-likeness (QED) is 0.541. The van der Waals surface area contributed by atoms with Gasteiger partial charge in [0, 0.05) is 67.8 Å². The Morgan fingerprint density at radius 3 is 2.45 bits per heavy atom. The summed E-state index contributed by atoms with van der Waals surface area (Å²) in [5, 5.41) is 0. The summed E-state index contributed by atoms with van der Waals surface area (Å²) in [6.45, 7) is 4.95. The van der Waals surface area contributed by atoms with Crippen molar-refractivity contribution >= 4 is 39.2 Å². The number of hydrogen-bond donors (Lipinski definition) is 0. The van der Waals surface area contributed by atoms with Crippen molar-refractivity contribution in [2.45, 2.75) is 13.3 Å². The van der Waals surface area contributed by atoms with E-state index in [1.165, 1.54) is 0 Å². The number of benzene rings is 1. The van der Waals surface area contributed by atoms with Gasteiger partial charge in [0.15, 0.2) is 0 Å². The first kappa shape index (κ1) is 21.6. The molecule has 2 aliphatic rings. The highest BCUT2D eigenvalue weighted by molar-refractivity contribution is 9.10. The van der Waals surface area contributed by atoms with Gasteiger partial charge in [-0.25, -0.2) is 9.97 Å². The molecule has 2 aromatic heterocycles. The number of aryl methyl sites for hydroxylation is 1. The minimum atomic E-state index is -0.301. The SMILES string of the molecule is Cc1nc(N2CCN(C(=O)C3CC(=O)N(c4cccc(Br)c4)C3)CC2)cc(-n2cccc2)n1. The smallest absolute Gasteiger partial charge is 0.228 e. The molecule has 0 saturated carbocycles. The molecule has 1 aromatic carbocycles. The second-order valence-electron chi connectivity index (χ2n) is 8.42. The summed E-state index contributed by atoms with van der Waals surface area (Å²) >= 11 is 3.45. The van der Waals surface area contributed by atoms with Gasteiger partial charge in [-0.3, -0.25) is 9.59 Å². The lowest BCUT2D eigenvalue weighted by Crippen LogP contribution is -2.51. The zero-order chi connectivity index (χ0) is 22.9. The Bertz CT molecular complexity index is 1170. The van der Waals surface area contributed by atoms with Gasteiger partial charge in [-0.2, -0.15) is 0 Å². The Kier molecular flexibility index (Phi) is 5.88. The van der Waals surface area contributed by atoms with Crippen LogP contribution in [0.5, 0.6) is 0 Å². The summed E-state index contributed by atoms with van der Waals surface area (Å²) in [4.78, 5) is 40.7. The van der Waals surface area contributed by atoms with Crippen molar-refractivity contribution in [3.05, 3.63) is 65.2 Å². The molecular weight excluding hydrogens is 484 g/mol. The van der Waals surface area contributed by atoms with E-state index in [0.29, 0.717) is 38.5 Å². The lowest BCUT2D eigenvalue weighted by atomic mass is 10.1. The summed E-state index contributed by atoms with van der Waals surface area (Å²) in [7, 11) is 0. The minimum Gasteiger partial charge on any atom is -0.353 e. The first-order chi connectivity index (χ1) is 16.0. The van der Waals surface area contributed by atoms with E-state index in [1.807, 2.05) is 71.2 Å². The zero-order valence-electron chi connectivity index (χ0n) is 18.4. The van der Waals surface area contributed by atoms with E-state index in [0.717, 1.165) is 21.8 Å². The fraction of sp³-hybridized carbons (Fsp3) is 0.333. The molecule has 170 valence electrons. The first-order valence-electron chi connectivity index (χ1n) is 11.1. The zero-order valence-corrected chi connectivity index (χ0v) is 20.0. The third-order valence-corrected chi connectivity index (χ3v) is 6.68. The highest BCUT2D eigenvalue weighted by Crippen LogP contribution is 2.29. The maximum atomic E-state index is 13.2. The topological polar surface area (TPSA) is 74.6 Å². The molecule has 9 heteroatoms. The van der Waals surface area contributed by atoms with Crippen LogP contribution in [-0.2, 0) is 9.59 Å². The predicted octanol–water partition coefficient (Wildman–Crippen LogP) is 3.04. The van der Waals surface area contributed by atoms with E-state index in [4.69, 9.17) is 0 Å². The van der Waals surface area contributed by atoms with Crippen molar-refractivity contribution in [3.63, 3.8) is 0 Å². The van der Waals surface area contributed by atoms with Crippen molar-refractivity contribution in [2.75, 3.05) is 42.5 Å². The second-order valence-corrected chi connectivity index (χ2v) is 9.34. The molecular formula is C24H25BrN6O2. The average Bonchev–Trinajstić information content (AvgIpc) is 3.48. The van der Waals surface area contributed by atoms with E-state index in [9.17, 15) is 9.59 Å². The van der Waals surface area contributed by atoms with Crippen LogP contribution < -0.4 is 9.80 Å². The molecule has 0 bridgehead atoms. The Morgan fingerprint density at radius 1 is 1.00 bits per heavy atom. The third kappa shape index (κ3) is 4.50. The van der Waals surface area contributed by atoms with Crippen LogP contribution in [0.4, 0.5) is 11.5 Å².